The minimum absolute atomic E-state index is 0.230. The lowest BCUT2D eigenvalue weighted by atomic mass is 10.1. The molecular formula is C15H9F5N2O3. The van der Waals surface area contributed by atoms with Gasteiger partial charge in [0.15, 0.2) is 11.6 Å². The second-order valence-electron chi connectivity index (χ2n) is 4.77. The third kappa shape index (κ3) is 4.43. The lowest BCUT2D eigenvalue weighted by Crippen LogP contribution is -2.21. The first-order valence-corrected chi connectivity index (χ1v) is 6.55. The highest BCUT2D eigenvalue weighted by Gasteiger charge is 2.30. The van der Waals surface area contributed by atoms with Gasteiger partial charge in [-0.2, -0.15) is 13.2 Å². The van der Waals surface area contributed by atoms with Gasteiger partial charge >= 0.3 is 18.2 Å². The van der Waals surface area contributed by atoms with Crippen molar-refractivity contribution >= 4 is 23.4 Å². The van der Waals surface area contributed by atoms with Crippen LogP contribution in [0, 0.1) is 11.6 Å². The molecule has 5 nitrogen and oxygen atoms in total. The van der Waals surface area contributed by atoms with Gasteiger partial charge in [-0.15, -0.1) is 0 Å². The largest absolute Gasteiger partial charge is 0.478 e. The van der Waals surface area contributed by atoms with Crippen LogP contribution in [0.3, 0.4) is 0 Å². The first kappa shape index (κ1) is 18.2. The van der Waals surface area contributed by atoms with Crippen molar-refractivity contribution in [2.24, 2.45) is 0 Å². The van der Waals surface area contributed by atoms with E-state index < -0.39 is 46.6 Å². The van der Waals surface area contributed by atoms with Crippen LogP contribution < -0.4 is 10.6 Å². The van der Waals surface area contributed by atoms with E-state index in [4.69, 9.17) is 5.11 Å². The van der Waals surface area contributed by atoms with Gasteiger partial charge < -0.3 is 15.7 Å². The van der Waals surface area contributed by atoms with Crippen molar-refractivity contribution in [3.05, 3.63) is 59.2 Å². The van der Waals surface area contributed by atoms with Gasteiger partial charge in [-0.1, -0.05) is 6.07 Å². The average molecular weight is 360 g/mol. The van der Waals surface area contributed by atoms with Gasteiger partial charge in [0.2, 0.25) is 0 Å². The Balaban J connectivity index is 2.21. The van der Waals surface area contributed by atoms with Crippen molar-refractivity contribution in [2.75, 3.05) is 10.6 Å². The molecule has 3 N–H and O–H groups in total. The molecule has 2 rings (SSSR count). The summed E-state index contributed by atoms with van der Waals surface area (Å²) in [6, 6.07) is 3.36. The number of carboxylic acids is 1. The molecule has 2 aromatic rings. The van der Waals surface area contributed by atoms with Crippen molar-refractivity contribution in [1.29, 1.82) is 0 Å². The maximum absolute atomic E-state index is 13.2. The quantitative estimate of drug-likeness (QED) is 0.713. The van der Waals surface area contributed by atoms with Crippen LogP contribution >= 0.6 is 0 Å². The summed E-state index contributed by atoms with van der Waals surface area (Å²) in [5, 5.41) is 12.9. The molecule has 0 spiro atoms. The van der Waals surface area contributed by atoms with Gasteiger partial charge in [-0.3, -0.25) is 0 Å². The molecule has 0 aliphatic rings. The fraction of sp³-hybridized carbons (Fsp3) is 0.0667. The molecule has 0 heterocycles. The lowest BCUT2D eigenvalue weighted by molar-refractivity contribution is -0.137. The van der Waals surface area contributed by atoms with E-state index >= 15 is 0 Å². The van der Waals surface area contributed by atoms with E-state index in [1.807, 2.05) is 10.6 Å². The Bertz CT molecular complexity index is 836. The maximum Gasteiger partial charge on any atom is 0.416 e. The molecule has 0 aromatic heterocycles. The minimum Gasteiger partial charge on any atom is -0.478 e. The van der Waals surface area contributed by atoms with Gasteiger partial charge in [0.25, 0.3) is 0 Å². The van der Waals surface area contributed by atoms with Crippen LogP contribution in [0.1, 0.15) is 15.9 Å². The topological polar surface area (TPSA) is 78.4 Å². The molecule has 0 aliphatic carbocycles. The summed E-state index contributed by atoms with van der Waals surface area (Å²) in [7, 11) is 0. The molecule has 132 valence electrons. The molecule has 0 atom stereocenters. The molecule has 0 bridgehead atoms. The molecule has 0 saturated heterocycles. The van der Waals surface area contributed by atoms with Crippen LogP contribution in [-0.2, 0) is 6.18 Å². The normalized spacial score (nSPS) is 11.1. The maximum atomic E-state index is 13.2. The predicted octanol–water partition coefficient (Wildman–Crippen LogP) is 4.33. The van der Waals surface area contributed by atoms with Gasteiger partial charge in [0, 0.05) is 11.8 Å². The molecule has 0 saturated carbocycles. The van der Waals surface area contributed by atoms with Crippen molar-refractivity contribution < 1.29 is 36.6 Å². The van der Waals surface area contributed by atoms with Crippen LogP contribution in [0.4, 0.5) is 38.1 Å². The number of aromatic carboxylic acids is 1. The van der Waals surface area contributed by atoms with E-state index in [0.717, 1.165) is 18.2 Å². The zero-order chi connectivity index (χ0) is 18.8. The number of hydrogen-bond acceptors (Lipinski definition) is 2. The molecule has 0 radical (unpaired) electrons. The van der Waals surface area contributed by atoms with Gasteiger partial charge in [0.05, 0.1) is 16.8 Å². The number of hydrogen-bond donors (Lipinski definition) is 3. The fourth-order valence-corrected chi connectivity index (χ4v) is 1.89. The number of carbonyl (C=O) groups excluding carboxylic acids is 1. The number of alkyl halides is 3. The number of halogens is 5. The first-order valence-electron chi connectivity index (χ1n) is 6.55. The second-order valence-corrected chi connectivity index (χ2v) is 4.77. The Kier molecular flexibility index (Phi) is 4.91. The smallest absolute Gasteiger partial charge is 0.416 e. The van der Waals surface area contributed by atoms with E-state index in [-0.39, 0.29) is 5.69 Å². The monoisotopic (exact) mass is 360 g/mol. The number of amides is 2. The van der Waals surface area contributed by atoms with E-state index in [1.165, 1.54) is 0 Å². The highest BCUT2D eigenvalue weighted by Crippen LogP contribution is 2.30. The summed E-state index contributed by atoms with van der Waals surface area (Å²) in [5.41, 5.74) is -2.52. The third-order valence-electron chi connectivity index (χ3n) is 2.99. The summed E-state index contributed by atoms with van der Waals surface area (Å²) in [6.07, 6.45) is -4.62. The number of benzene rings is 2. The summed E-state index contributed by atoms with van der Waals surface area (Å²) in [5.74, 6) is -4.46. The Labute approximate surface area is 137 Å². The average Bonchev–Trinajstić information content (AvgIpc) is 2.49. The van der Waals surface area contributed by atoms with E-state index in [9.17, 15) is 31.5 Å². The SMILES string of the molecule is O=C(Nc1cccc(C(F)(F)F)c1)Nc1cc(F)c(F)cc1C(=O)O. The van der Waals surface area contributed by atoms with Gasteiger partial charge in [-0.05, 0) is 24.3 Å². The van der Waals surface area contributed by atoms with E-state index in [2.05, 4.69) is 0 Å². The highest BCUT2D eigenvalue weighted by molar-refractivity contribution is 6.04. The minimum atomic E-state index is -4.62. The molecule has 25 heavy (non-hydrogen) atoms. The van der Waals surface area contributed by atoms with Crippen molar-refractivity contribution in [2.45, 2.75) is 6.18 Å². The van der Waals surface area contributed by atoms with Gasteiger partial charge in [0.1, 0.15) is 0 Å². The Morgan fingerprint density at radius 2 is 1.60 bits per heavy atom. The molecule has 2 amide bonds. The molecule has 10 heteroatoms. The van der Waals surface area contributed by atoms with E-state index in [1.54, 1.807) is 0 Å². The number of urea groups is 1. The summed E-state index contributed by atoms with van der Waals surface area (Å²) in [6.45, 7) is 0. The summed E-state index contributed by atoms with van der Waals surface area (Å²) in [4.78, 5) is 22.8. The third-order valence-corrected chi connectivity index (χ3v) is 2.99. The zero-order valence-corrected chi connectivity index (χ0v) is 12.1. The number of carbonyl (C=O) groups is 2. The van der Waals surface area contributed by atoms with Crippen molar-refractivity contribution in [3.8, 4) is 0 Å². The van der Waals surface area contributed by atoms with Crippen LogP contribution in [-0.4, -0.2) is 17.1 Å². The molecular weight excluding hydrogens is 351 g/mol. The second kappa shape index (κ2) is 6.75. The fourth-order valence-electron chi connectivity index (χ4n) is 1.89. The number of rotatable bonds is 3. The molecule has 0 aliphatic heterocycles. The summed E-state index contributed by atoms with van der Waals surface area (Å²) < 4.78 is 64.1. The molecule has 0 fully saturated rings. The molecule has 2 aromatic carbocycles. The van der Waals surface area contributed by atoms with Crippen LogP contribution in [0.5, 0.6) is 0 Å². The standard InChI is InChI=1S/C15H9F5N2O3/c16-10-5-9(13(23)24)12(6-11(10)17)22-14(25)21-8-3-1-2-7(4-8)15(18,19)20/h1-6H,(H,23,24)(H2,21,22,25). The van der Waals surface area contributed by atoms with Crippen molar-refractivity contribution in [1.82, 2.24) is 0 Å². The Morgan fingerprint density at radius 3 is 2.20 bits per heavy atom. The Hall–Kier alpha value is -3.17. The number of carboxylic acid groups (broad SMARTS) is 1. The Morgan fingerprint density at radius 1 is 0.960 bits per heavy atom. The van der Waals surface area contributed by atoms with Crippen molar-refractivity contribution in [3.63, 3.8) is 0 Å². The highest BCUT2D eigenvalue weighted by atomic mass is 19.4. The van der Waals surface area contributed by atoms with Crippen LogP contribution in [0.25, 0.3) is 0 Å². The summed E-state index contributed by atoms with van der Waals surface area (Å²) >= 11 is 0. The van der Waals surface area contributed by atoms with E-state index in [0.29, 0.717) is 18.2 Å². The first-order chi connectivity index (χ1) is 11.6. The van der Waals surface area contributed by atoms with Gasteiger partial charge in [-0.25, -0.2) is 18.4 Å². The lowest BCUT2D eigenvalue weighted by Gasteiger charge is -2.12. The number of anilines is 2. The zero-order valence-electron chi connectivity index (χ0n) is 12.1. The predicted molar refractivity (Wildman–Crippen MR) is 77.4 cm³/mol. The van der Waals surface area contributed by atoms with Crippen LogP contribution in [0.2, 0.25) is 0 Å². The molecule has 0 unspecified atom stereocenters. The van der Waals surface area contributed by atoms with Crippen LogP contribution in [0.15, 0.2) is 36.4 Å². The number of nitrogens with one attached hydrogen (secondary N) is 2.